The lowest BCUT2D eigenvalue weighted by Gasteiger charge is -2.07. The third-order valence-corrected chi connectivity index (χ3v) is 2.30. The Morgan fingerprint density at radius 1 is 1.06 bits per heavy atom. The lowest BCUT2D eigenvalue weighted by atomic mass is 10.2. The maximum atomic E-state index is 13.4. The molecule has 0 aliphatic carbocycles. The van der Waals surface area contributed by atoms with E-state index in [4.69, 9.17) is 0 Å². The minimum absolute atomic E-state index is 0.104. The van der Waals surface area contributed by atoms with Crippen LogP contribution in [-0.2, 0) is 0 Å². The van der Waals surface area contributed by atoms with Crippen molar-refractivity contribution in [2.75, 3.05) is 5.32 Å². The Balaban J connectivity index is 2.40. The number of para-hydroxylation sites is 2. The fourth-order valence-corrected chi connectivity index (χ4v) is 1.48. The van der Waals surface area contributed by atoms with Gasteiger partial charge in [-0.15, -0.1) is 0 Å². The van der Waals surface area contributed by atoms with Crippen molar-refractivity contribution >= 4 is 17.1 Å². The van der Waals surface area contributed by atoms with Gasteiger partial charge in [0.25, 0.3) is 5.69 Å². The SMILES string of the molecule is O=[N+]([O-])c1ccccc1Nc1cc(F)ccc1F. The number of anilines is 2. The van der Waals surface area contributed by atoms with Crippen LogP contribution < -0.4 is 5.32 Å². The van der Waals surface area contributed by atoms with E-state index in [-0.39, 0.29) is 17.1 Å². The van der Waals surface area contributed by atoms with E-state index in [9.17, 15) is 18.9 Å². The van der Waals surface area contributed by atoms with Crippen molar-refractivity contribution in [2.45, 2.75) is 0 Å². The van der Waals surface area contributed by atoms with Crippen molar-refractivity contribution in [3.63, 3.8) is 0 Å². The monoisotopic (exact) mass is 250 g/mol. The molecule has 0 atom stereocenters. The van der Waals surface area contributed by atoms with Crippen molar-refractivity contribution in [1.82, 2.24) is 0 Å². The Labute approximate surface area is 101 Å². The molecule has 0 unspecified atom stereocenters. The van der Waals surface area contributed by atoms with Gasteiger partial charge in [-0.25, -0.2) is 8.78 Å². The minimum atomic E-state index is -0.686. The van der Waals surface area contributed by atoms with E-state index in [2.05, 4.69) is 5.32 Å². The quantitative estimate of drug-likeness (QED) is 0.668. The van der Waals surface area contributed by atoms with Crippen LogP contribution in [0.1, 0.15) is 0 Å². The van der Waals surface area contributed by atoms with E-state index in [1.807, 2.05) is 0 Å². The van der Waals surface area contributed by atoms with E-state index in [1.165, 1.54) is 18.2 Å². The van der Waals surface area contributed by atoms with Crippen molar-refractivity contribution in [3.05, 3.63) is 64.2 Å². The molecule has 2 aromatic rings. The van der Waals surface area contributed by atoms with Crippen LogP contribution in [0.2, 0.25) is 0 Å². The summed E-state index contributed by atoms with van der Waals surface area (Å²) in [6.07, 6.45) is 0. The Morgan fingerprint density at radius 2 is 1.78 bits per heavy atom. The average Bonchev–Trinajstić information content (AvgIpc) is 2.34. The third kappa shape index (κ3) is 2.42. The van der Waals surface area contributed by atoms with E-state index in [0.717, 1.165) is 18.2 Å². The number of hydrogen-bond donors (Lipinski definition) is 1. The molecule has 0 aliphatic rings. The summed E-state index contributed by atoms with van der Waals surface area (Å²) in [6.45, 7) is 0. The molecular weight excluding hydrogens is 242 g/mol. The standard InChI is InChI=1S/C12H8F2N2O2/c13-8-5-6-9(14)11(7-8)15-10-3-1-2-4-12(10)16(17)18/h1-7,15H. The van der Waals surface area contributed by atoms with Crippen LogP contribution in [0.15, 0.2) is 42.5 Å². The highest BCUT2D eigenvalue weighted by atomic mass is 19.1. The second-order valence-corrected chi connectivity index (χ2v) is 3.52. The summed E-state index contributed by atoms with van der Waals surface area (Å²) >= 11 is 0. The molecule has 0 aliphatic heterocycles. The molecule has 0 amide bonds. The zero-order valence-corrected chi connectivity index (χ0v) is 9.06. The molecule has 0 bridgehead atoms. The largest absolute Gasteiger partial charge is 0.347 e. The zero-order valence-electron chi connectivity index (χ0n) is 9.06. The number of halogens is 2. The zero-order chi connectivity index (χ0) is 13.1. The normalized spacial score (nSPS) is 10.1. The van der Waals surface area contributed by atoms with Gasteiger partial charge >= 0.3 is 0 Å². The Bertz CT molecular complexity index is 602. The average molecular weight is 250 g/mol. The van der Waals surface area contributed by atoms with Crippen LogP contribution in [0.3, 0.4) is 0 Å². The fourth-order valence-electron chi connectivity index (χ4n) is 1.48. The van der Waals surface area contributed by atoms with E-state index < -0.39 is 16.6 Å². The van der Waals surface area contributed by atoms with Crippen LogP contribution in [0.4, 0.5) is 25.8 Å². The van der Waals surface area contributed by atoms with Crippen molar-refractivity contribution in [1.29, 1.82) is 0 Å². The molecule has 2 rings (SSSR count). The molecule has 0 radical (unpaired) electrons. The fraction of sp³-hybridized carbons (Fsp3) is 0. The summed E-state index contributed by atoms with van der Waals surface area (Å²) in [6, 6.07) is 8.61. The maximum Gasteiger partial charge on any atom is 0.292 e. The molecule has 18 heavy (non-hydrogen) atoms. The van der Waals surface area contributed by atoms with Crippen LogP contribution in [0, 0.1) is 21.7 Å². The molecule has 0 aromatic heterocycles. The van der Waals surface area contributed by atoms with E-state index in [1.54, 1.807) is 6.07 Å². The highest BCUT2D eigenvalue weighted by molar-refractivity contribution is 5.69. The van der Waals surface area contributed by atoms with Gasteiger partial charge in [0.05, 0.1) is 10.6 Å². The number of hydrogen-bond acceptors (Lipinski definition) is 3. The van der Waals surface area contributed by atoms with Gasteiger partial charge in [-0.2, -0.15) is 0 Å². The van der Waals surface area contributed by atoms with Gasteiger partial charge in [0.2, 0.25) is 0 Å². The smallest absolute Gasteiger partial charge is 0.292 e. The number of nitro groups is 1. The molecule has 0 saturated carbocycles. The summed E-state index contributed by atoms with van der Waals surface area (Å²) in [5, 5.41) is 13.3. The highest BCUT2D eigenvalue weighted by Crippen LogP contribution is 2.28. The van der Waals surface area contributed by atoms with Crippen LogP contribution in [-0.4, -0.2) is 4.92 Å². The van der Waals surface area contributed by atoms with Crippen LogP contribution in [0.25, 0.3) is 0 Å². The number of rotatable bonds is 3. The second kappa shape index (κ2) is 4.79. The van der Waals surface area contributed by atoms with Gasteiger partial charge in [0.1, 0.15) is 17.3 Å². The van der Waals surface area contributed by atoms with Gasteiger partial charge in [0, 0.05) is 12.1 Å². The van der Waals surface area contributed by atoms with E-state index >= 15 is 0 Å². The first-order chi connectivity index (χ1) is 8.58. The van der Waals surface area contributed by atoms with Crippen LogP contribution >= 0.6 is 0 Å². The number of nitrogens with one attached hydrogen (secondary N) is 1. The Hall–Kier alpha value is -2.50. The number of nitro benzene ring substituents is 1. The van der Waals surface area contributed by atoms with Gasteiger partial charge in [-0.3, -0.25) is 10.1 Å². The van der Waals surface area contributed by atoms with Crippen molar-refractivity contribution in [2.24, 2.45) is 0 Å². The van der Waals surface area contributed by atoms with Gasteiger partial charge in [-0.1, -0.05) is 12.1 Å². The molecule has 0 heterocycles. The second-order valence-electron chi connectivity index (χ2n) is 3.52. The number of nitrogens with zero attached hydrogens (tertiary/aromatic N) is 1. The van der Waals surface area contributed by atoms with Gasteiger partial charge in [0.15, 0.2) is 0 Å². The van der Waals surface area contributed by atoms with Crippen LogP contribution in [0.5, 0.6) is 0 Å². The maximum absolute atomic E-state index is 13.4. The minimum Gasteiger partial charge on any atom is -0.347 e. The molecule has 92 valence electrons. The molecule has 4 nitrogen and oxygen atoms in total. The predicted molar refractivity (Wildman–Crippen MR) is 62.7 cm³/mol. The molecule has 1 N–H and O–H groups in total. The molecule has 2 aromatic carbocycles. The molecule has 0 fully saturated rings. The van der Waals surface area contributed by atoms with Gasteiger partial charge in [-0.05, 0) is 18.2 Å². The van der Waals surface area contributed by atoms with Gasteiger partial charge < -0.3 is 5.32 Å². The number of benzene rings is 2. The first-order valence-electron chi connectivity index (χ1n) is 5.03. The molecular formula is C12H8F2N2O2. The lowest BCUT2D eigenvalue weighted by Crippen LogP contribution is -1.98. The van der Waals surface area contributed by atoms with Crippen molar-refractivity contribution in [3.8, 4) is 0 Å². The first-order valence-corrected chi connectivity index (χ1v) is 5.03. The third-order valence-electron chi connectivity index (χ3n) is 2.30. The topological polar surface area (TPSA) is 55.2 Å². The Morgan fingerprint density at radius 3 is 2.50 bits per heavy atom. The predicted octanol–water partition coefficient (Wildman–Crippen LogP) is 3.62. The summed E-state index contributed by atoms with van der Waals surface area (Å²) in [7, 11) is 0. The molecule has 0 saturated heterocycles. The summed E-state index contributed by atoms with van der Waals surface area (Å²) in [5.74, 6) is -1.31. The lowest BCUT2D eigenvalue weighted by molar-refractivity contribution is -0.383. The highest BCUT2D eigenvalue weighted by Gasteiger charge is 2.14. The first kappa shape index (κ1) is 12.0. The summed E-state index contributed by atoms with van der Waals surface area (Å²) in [4.78, 5) is 10.2. The summed E-state index contributed by atoms with van der Waals surface area (Å²) < 4.78 is 26.4. The van der Waals surface area contributed by atoms with E-state index in [0.29, 0.717) is 0 Å². The summed E-state index contributed by atoms with van der Waals surface area (Å²) in [5.41, 5.74) is -0.252. The molecule has 0 spiro atoms. The molecule has 6 heteroatoms. The Kier molecular flexibility index (Phi) is 3.18. The van der Waals surface area contributed by atoms with Crippen molar-refractivity contribution < 1.29 is 13.7 Å².